The third kappa shape index (κ3) is 4.26. The highest BCUT2D eigenvalue weighted by Crippen LogP contribution is 2.29. The quantitative estimate of drug-likeness (QED) is 0.867. The van der Waals surface area contributed by atoms with Crippen LogP contribution in [-0.2, 0) is 13.1 Å². The smallest absolute Gasteiger partial charge is 0.107 e. The molecule has 3 nitrogen and oxygen atoms in total. The minimum atomic E-state index is 0.347. The van der Waals surface area contributed by atoms with Crippen LogP contribution < -0.4 is 5.32 Å². The molecule has 1 aromatic rings. The maximum atomic E-state index is 4.75. The number of hydrogen-bond donors (Lipinski definition) is 1. The Morgan fingerprint density at radius 1 is 1.47 bits per heavy atom. The lowest BCUT2D eigenvalue weighted by molar-refractivity contribution is 0.165. The highest BCUT2D eigenvalue weighted by atomic mass is 32.1. The minimum Gasteiger partial charge on any atom is -0.310 e. The predicted octanol–water partition coefficient (Wildman–Crippen LogP) is 3.26. The molecule has 19 heavy (non-hydrogen) atoms. The van der Waals surface area contributed by atoms with Crippen molar-refractivity contribution in [3.8, 4) is 0 Å². The fourth-order valence-corrected chi connectivity index (χ4v) is 3.38. The lowest BCUT2D eigenvalue weighted by Crippen LogP contribution is -2.37. The average Bonchev–Trinajstić information content (AvgIpc) is 2.87. The third-order valence-corrected chi connectivity index (χ3v) is 4.75. The molecule has 0 unspecified atom stereocenters. The van der Waals surface area contributed by atoms with E-state index in [1.165, 1.54) is 30.1 Å². The van der Waals surface area contributed by atoms with E-state index in [0.29, 0.717) is 11.5 Å². The first-order valence-electron chi connectivity index (χ1n) is 7.36. The number of nitrogens with one attached hydrogen (secondary N) is 1. The van der Waals surface area contributed by atoms with Gasteiger partial charge in [0.05, 0.1) is 5.69 Å². The molecule has 0 aromatic carbocycles. The summed E-state index contributed by atoms with van der Waals surface area (Å²) in [6, 6.07) is 0. The van der Waals surface area contributed by atoms with Gasteiger partial charge in [0.2, 0.25) is 0 Å². The lowest BCUT2D eigenvalue weighted by atomic mass is 10.0. The Labute approximate surface area is 121 Å². The van der Waals surface area contributed by atoms with E-state index in [9.17, 15) is 0 Å². The number of likely N-dealkylation sites (tertiary alicyclic amines) is 1. The van der Waals surface area contributed by atoms with Gasteiger partial charge in [-0.3, -0.25) is 4.90 Å². The van der Waals surface area contributed by atoms with Gasteiger partial charge in [-0.05, 0) is 45.7 Å². The van der Waals surface area contributed by atoms with Crippen LogP contribution >= 0.6 is 11.3 Å². The van der Waals surface area contributed by atoms with Crippen molar-refractivity contribution in [1.29, 1.82) is 0 Å². The van der Waals surface area contributed by atoms with E-state index in [4.69, 9.17) is 4.98 Å². The first-order valence-corrected chi connectivity index (χ1v) is 8.24. The molecule has 1 aliphatic rings. The molecule has 1 fully saturated rings. The van der Waals surface area contributed by atoms with Crippen LogP contribution in [0.5, 0.6) is 0 Å². The Bertz CT molecular complexity index is 398. The average molecular weight is 281 g/mol. The summed E-state index contributed by atoms with van der Waals surface area (Å²) in [6.07, 6.45) is 2.62. The van der Waals surface area contributed by atoms with Gasteiger partial charge in [0, 0.05) is 24.0 Å². The summed E-state index contributed by atoms with van der Waals surface area (Å²) in [5.74, 6) is 0.699. The summed E-state index contributed by atoms with van der Waals surface area (Å²) in [5, 5.41) is 6.90. The highest BCUT2D eigenvalue weighted by Gasteiger charge is 2.31. The van der Waals surface area contributed by atoms with Crippen LogP contribution in [0.1, 0.15) is 51.2 Å². The van der Waals surface area contributed by atoms with Crippen molar-refractivity contribution >= 4 is 11.3 Å². The molecule has 0 amide bonds. The maximum absolute atomic E-state index is 4.75. The van der Waals surface area contributed by atoms with E-state index in [1.54, 1.807) is 11.3 Å². The van der Waals surface area contributed by atoms with Crippen molar-refractivity contribution in [2.24, 2.45) is 5.92 Å². The van der Waals surface area contributed by atoms with Crippen LogP contribution in [0.15, 0.2) is 5.38 Å². The summed E-state index contributed by atoms with van der Waals surface area (Å²) < 4.78 is 0. The van der Waals surface area contributed by atoms with Gasteiger partial charge in [-0.25, -0.2) is 4.98 Å². The fraction of sp³-hybridized carbons (Fsp3) is 0.800. The van der Waals surface area contributed by atoms with Crippen LogP contribution in [0.2, 0.25) is 0 Å². The van der Waals surface area contributed by atoms with Gasteiger partial charge in [-0.1, -0.05) is 13.8 Å². The van der Waals surface area contributed by atoms with Crippen LogP contribution in [0, 0.1) is 5.92 Å². The zero-order chi connectivity index (χ0) is 13.9. The van der Waals surface area contributed by atoms with Crippen LogP contribution in [0.3, 0.4) is 0 Å². The van der Waals surface area contributed by atoms with Crippen molar-refractivity contribution in [2.75, 3.05) is 13.1 Å². The molecule has 1 N–H and O–H groups in total. The fourth-order valence-electron chi connectivity index (χ4n) is 2.62. The van der Waals surface area contributed by atoms with Gasteiger partial charge in [0.25, 0.3) is 0 Å². The molecule has 1 saturated heterocycles. The van der Waals surface area contributed by atoms with E-state index in [2.05, 4.69) is 43.3 Å². The standard InChI is InChI=1S/C15H27N3S/c1-12(2)8-16-9-14-17-13(11-19-14)10-18-7-5-6-15(18,3)4/h11-12,16H,5-10H2,1-4H3. The van der Waals surface area contributed by atoms with E-state index in [-0.39, 0.29) is 0 Å². The number of nitrogens with zero attached hydrogens (tertiary/aromatic N) is 2. The zero-order valence-corrected chi connectivity index (χ0v) is 13.5. The first kappa shape index (κ1) is 14.9. The van der Waals surface area contributed by atoms with Crippen molar-refractivity contribution in [3.63, 3.8) is 0 Å². The van der Waals surface area contributed by atoms with E-state index in [1.807, 2.05) is 0 Å². The normalized spacial score (nSPS) is 19.4. The largest absolute Gasteiger partial charge is 0.310 e. The van der Waals surface area contributed by atoms with E-state index >= 15 is 0 Å². The van der Waals surface area contributed by atoms with Gasteiger partial charge in [0.1, 0.15) is 5.01 Å². The van der Waals surface area contributed by atoms with Crippen molar-refractivity contribution in [1.82, 2.24) is 15.2 Å². The summed E-state index contributed by atoms with van der Waals surface area (Å²) >= 11 is 1.78. The van der Waals surface area contributed by atoms with Gasteiger partial charge in [0.15, 0.2) is 0 Å². The Morgan fingerprint density at radius 2 is 2.26 bits per heavy atom. The predicted molar refractivity (Wildman–Crippen MR) is 82.4 cm³/mol. The van der Waals surface area contributed by atoms with Crippen molar-refractivity contribution in [2.45, 2.75) is 59.2 Å². The molecule has 0 aliphatic carbocycles. The number of thiazole rings is 1. The third-order valence-electron chi connectivity index (χ3n) is 3.85. The Morgan fingerprint density at radius 3 is 2.89 bits per heavy atom. The molecule has 2 rings (SSSR count). The summed E-state index contributed by atoms with van der Waals surface area (Å²) in [4.78, 5) is 7.31. The Kier molecular flexibility index (Phi) is 4.98. The molecule has 4 heteroatoms. The summed E-state index contributed by atoms with van der Waals surface area (Å²) in [7, 11) is 0. The second kappa shape index (κ2) is 6.33. The maximum Gasteiger partial charge on any atom is 0.107 e. The SMILES string of the molecule is CC(C)CNCc1nc(CN2CCCC2(C)C)cs1. The first-order chi connectivity index (χ1) is 8.97. The molecular weight excluding hydrogens is 254 g/mol. The van der Waals surface area contributed by atoms with Crippen LogP contribution in [0.25, 0.3) is 0 Å². The second-order valence-electron chi connectivity index (χ2n) is 6.59. The van der Waals surface area contributed by atoms with Crippen molar-refractivity contribution < 1.29 is 0 Å². The van der Waals surface area contributed by atoms with Crippen molar-refractivity contribution in [3.05, 3.63) is 16.1 Å². The Hall–Kier alpha value is -0.450. The molecule has 108 valence electrons. The second-order valence-corrected chi connectivity index (χ2v) is 7.54. The topological polar surface area (TPSA) is 28.2 Å². The summed E-state index contributed by atoms with van der Waals surface area (Å²) in [5.41, 5.74) is 1.58. The number of rotatable bonds is 6. The zero-order valence-electron chi connectivity index (χ0n) is 12.7. The molecule has 0 spiro atoms. The molecular formula is C15H27N3S. The van der Waals surface area contributed by atoms with Gasteiger partial charge >= 0.3 is 0 Å². The molecule has 0 atom stereocenters. The summed E-state index contributed by atoms with van der Waals surface area (Å²) in [6.45, 7) is 13.3. The monoisotopic (exact) mass is 281 g/mol. The number of aromatic nitrogens is 1. The lowest BCUT2D eigenvalue weighted by Gasteiger charge is -2.30. The van der Waals surface area contributed by atoms with Crippen LogP contribution in [0.4, 0.5) is 0 Å². The molecule has 2 heterocycles. The highest BCUT2D eigenvalue weighted by molar-refractivity contribution is 7.09. The molecule has 0 saturated carbocycles. The molecule has 1 aromatic heterocycles. The number of hydrogen-bond acceptors (Lipinski definition) is 4. The Balaban J connectivity index is 1.84. The molecule has 1 aliphatic heterocycles. The van der Waals surface area contributed by atoms with E-state index in [0.717, 1.165) is 19.6 Å². The molecule has 0 bridgehead atoms. The van der Waals surface area contributed by atoms with E-state index < -0.39 is 0 Å². The van der Waals surface area contributed by atoms with Crippen LogP contribution in [-0.4, -0.2) is 28.5 Å². The molecule has 0 radical (unpaired) electrons. The van der Waals surface area contributed by atoms with Gasteiger partial charge < -0.3 is 5.32 Å². The minimum absolute atomic E-state index is 0.347. The van der Waals surface area contributed by atoms with Gasteiger partial charge in [-0.15, -0.1) is 11.3 Å². The van der Waals surface area contributed by atoms with Gasteiger partial charge in [-0.2, -0.15) is 0 Å².